The van der Waals surface area contributed by atoms with Gasteiger partial charge in [-0.3, -0.25) is 4.79 Å². The van der Waals surface area contributed by atoms with Crippen molar-refractivity contribution in [2.24, 2.45) is 56.2 Å². The highest BCUT2D eigenvalue weighted by molar-refractivity contribution is 5.84. The zero-order chi connectivity index (χ0) is 27.4. The van der Waals surface area contributed by atoms with Crippen LogP contribution < -0.4 is 0 Å². The average Bonchev–Trinajstić information content (AvgIpc) is 2.82. The molecule has 0 aromatic carbocycles. The van der Waals surface area contributed by atoms with Gasteiger partial charge in [-0.15, -0.1) is 0 Å². The fourth-order valence-electron chi connectivity index (χ4n) is 11.6. The molecule has 4 heteroatoms. The number of hydrogen-bond acceptors (Lipinski definition) is 4. The predicted molar refractivity (Wildman–Crippen MR) is 146 cm³/mol. The third-order valence-corrected chi connectivity index (χ3v) is 13.9. The Bertz CT molecular complexity index is 1070. The summed E-state index contributed by atoms with van der Waals surface area (Å²) in [5.41, 5.74) is -0.193. The van der Waals surface area contributed by atoms with Gasteiger partial charge in [-0.25, -0.2) is 0 Å². The molecule has 206 valence electrons. The first-order valence-electron chi connectivity index (χ1n) is 15.1. The number of hydrogen-bond donors (Lipinski definition) is 2. The topological polar surface area (TPSA) is 81.3 Å². The number of carbonyl (C=O) groups excluding carboxylic acids is 1. The monoisotopic (exact) mass is 509 g/mol. The van der Waals surface area contributed by atoms with Crippen LogP contribution in [-0.2, 0) is 4.79 Å². The van der Waals surface area contributed by atoms with E-state index in [9.17, 15) is 20.3 Å². The second-order valence-corrected chi connectivity index (χ2v) is 16.1. The Balaban J connectivity index is 1.62. The number of rotatable bonds is 2. The van der Waals surface area contributed by atoms with E-state index in [0.717, 1.165) is 51.4 Å². The number of Topliss-reactive ketones (excluding diaryl/α,β-unsaturated/α-hetero) is 1. The lowest BCUT2D eigenvalue weighted by atomic mass is 9.31. The van der Waals surface area contributed by atoms with E-state index in [1.54, 1.807) is 0 Å². The smallest absolute Gasteiger partial charge is 0.137 e. The number of aliphatic hydroxyl groups is 2. The van der Waals surface area contributed by atoms with Crippen LogP contribution in [0.3, 0.4) is 0 Å². The van der Waals surface area contributed by atoms with E-state index in [4.69, 9.17) is 0 Å². The van der Waals surface area contributed by atoms with Crippen LogP contribution in [-0.4, -0.2) is 22.1 Å². The van der Waals surface area contributed by atoms with Crippen molar-refractivity contribution >= 4 is 5.78 Å². The van der Waals surface area contributed by atoms with E-state index in [2.05, 4.69) is 61.5 Å². The van der Waals surface area contributed by atoms with Gasteiger partial charge in [0.05, 0.1) is 17.7 Å². The second-order valence-electron chi connectivity index (χ2n) is 16.1. The Morgan fingerprint density at radius 3 is 2.24 bits per heavy atom. The number of allylic oxidation sites excluding steroid dienone is 2. The highest BCUT2D eigenvalue weighted by Gasteiger charge is 2.72. The maximum absolute atomic E-state index is 14.5. The van der Waals surface area contributed by atoms with Gasteiger partial charge in [0, 0.05) is 17.8 Å². The SMILES string of the molecule is CCC(O)[C@]12CCC(C)(C)CC1C1C(=O)C[C@@H]3C4(C)CC(C#N)=C(O)C(C)(C)[C@@H]4CCC3(C)[C@]1(C)CC2. The van der Waals surface area contributed by atoms with Crippen LogP contribution in [0, 0.1) is 67.5 Å². The number of aliphatic hydroxyl groups excluding tert-OH is 2. The summed E-state index contributed by atoms with van der Waals surface area (Å²) in [5.74, 6) is 1.37. The fourth-order valence-corrected chi connectivity index (χ4v) is 11.6. The minimum Gasteiger partial charge on any atom is -0.511 e. The summed E-state index contributed by atoms with van der Waals surface area (Å²) in [6, 6.07) is 2.34. The molecule has 0 aliphatic heterocycles. The Labute approximate surface area is 225 Å². The summed E-state index contributed by atoms with van der Waals surface area (Å²) < 4.78 is 0. The zero-order valence-electron chi connectivity index (χ0n) is 24.7. The summed E-state index contributed by atoms with van der Waals surface area (Å²) in [6.07, 6.45) is 8.86. The van der Waals surface area contributed by atoms with Crippen molar-refractivity contribution in [2.45, 2.75) is 126 Å². The molecule has 9 atom stereocenters. The maximum atomic E-state index is 14.5. The highest BCUT2D eigenvalue weighted by atomic mass is 16.3. The Kier molecular flexibility index (Phi) is 5.96. The van der Waals surface area contributed by atoms with Gasteiger partial charge in [-0.1, -0.05) is 55.4 Å². The predicted octanol–water partition coefficient (Wildman–Crippen LogP) is 7.76. The van der Waals surface area contributed by atoms with Gasteiger partial charge >= 0.3 is 0 Å². The van der Waals surface area contributed by atoms with Crippen molar-refractivity contribution in [3.63, 3.8) is 0 Å². The van der Waals surface area contributed by atoms with Crippen LogP contribution in [0.5, 0.6) is 0 Å². The Morgan fingerprint density at radius 2 is 1.62 bits per heavy atom. The molecule has 0 bridgehead atoms. The lowest BCUT2D eigenvalue weighted by Crippen LogP contribution is -2.69. The summed E-state index contributed by atoms with van der Waals surface area (Å²) in [6.45, 7) is 18.3. The molecule has 37 heavy (non-hydrogen) atoms. The van der Waals surface area contributed by atoms with E-state index in [0.29, 0.717) is 24.2 Å². The largest absolute Gasteiger partial charge is 0.511 e. The first kappa shape index (κ1) is 27.2. The van der Waals surface area contributed by atoms with Crippen molar-refractivity contribution < 1.29 is 15.0 Å². The third kappa shape index (κ3) is 3.31. The molecule has 0 spiro atoms. The first-order valence-corrected chi connectivity index (χ1v) is 15.1. The molecule has 0 amide bonds. The molecule has 0 saturated heterocycles. The molecule has 0 aromatic heterocycles. The van der Waals surface area contributed by atoms with Gasteiger partial charge in [0.15, 0.2) is 0 Å². The minimum atomic E-state index is -0.458. The van der Waals surface area contributed by atoms with Crippen LogP contribution in [0.4, 0.5) is 0 Å². The average molecular weight is 510 g/mol. The number of ketones is 1. The molecule has 5 aliphatic rings. The van der Waals surface area contributed by atoms with Gasteiger partial charge in [0.1, 0.15) is 11.5 Å². The molecule has 5 rings (SSSR count). The van der Waals surface area contributed by atoms with Crippen molar-refractivity contribution in [1.82, 2.24) is 0 Å². The molecule has 0 radical (unpaired) electrons. The summed E-state index contributed by atoms with van der Waals surface area (Å²) in [7, 11) is 0. The molecule has 4 nitrogen and oxygen atoms in total. The van der Waals surface area contributed by atoms with Crippen LogP contribution >= 0.6 is 0 Å². The molecule has 2 N–H and O–H groups in total. The van der Waals surface area contributed by atoms with Crippen LogP contribution in [0.1, 0.15) is 120 Å². The molecule has 4 saturated carbocycles. The second kappa shape index (κ2) is 8.09. The molecule has 0 heterocycles. The highest BCUT2D eigenvalue weighted by Crippen LogP contribution is 2.76. The van der Waals surface area contributed by atoms with Gasteiger partial charge in [-0.2, -0.15) is 5.26 Å². The number of fused-ring (bicyclic) bond motifs is 7. The summed E-state index contributed by atoms with van der Waals surface area (Å²) >= 11 is 0. The molecular weight excluding hydrogens is 458 g/mol. The quantitative estimate of drug-likeness (QED) is 0.398. The van der Waals surface area contributed by atoms with Gasteiger partial charge in [0.25, 0.3) is 0 Å². The zero-order valence-corrected chi connectivity index (χ0v) is 24.7. The van der Waals surface area contributed by atoms with Crippen molar-refractivity contribution in [3.05, 3.63) is 11.3 Å². The van der Waals surface area contributed by atoms with E-state index < -0.39 is 5.41 Å². The lowest BCUT2D eigenvalue weighted by Gasteiger charge is -2.73. The van der Waals surface area contributed by atoms with Crippen molar-refractivity contribution in [2.75, 3.05) is 0 Å². The van der Waals surface area contributed by atoms with E-state index in [1.807, 2.05) is 0 Å². The fraction of sp³-hybridized carbons (Fsp3) is 0.879. The number of nitrogens with zero attached hydrogens (tertiary/aromatic N) is 1. The molecule has 5 unspecified atom stereocenters. The minimum absolute atomic E-state index is 0.000548. The number of nitriles is 1. The summed E-state index contributed by atoms with van der Waals surface area (Å²) in [4.78, 5) is 14.5. The molecule has 4 fully saturated rings. The maximum Gasteiger partial charge on any atom is 0.137 e. The normalized spacial score (nSPS) is 49.1. The third-order valence-electron chi connectivity index (χ3n) is 13.9. The van der Waals surface area contributed by atoms with E-state index in [1.165, 1.54) is 0 Å². The van der Waals surface area contributed by atoms with E-state index >= 15 is 0 Å². The lowest BCUT2D eigenvalue weighted by molar-refractivity contribution is -0.241. The Morgan fingerprint density at radius 1 is 0.973 bits per heavy atom. The Hall–Kier alpha value is -1.34. The van der Waals surface area contributed by atoms with Gasteiger partial charge in [-0.05, 0) is 103 Å². The molecular formula is C33H51NO3. The van der Waals surface area contributed by atoms with Crippen molar-refractivity contribution in [3.8, 4) is 6.07 Å². The van der Waals surface area contributed by atoms with Crippen LogP contribution in [0.15, 0.2) is 11.3 Å². The van der Waals surface area contributed by atoms with Gasteiger partial charge < -0.3 is 10.2 Å². The van der Waals surface area contributed by atoms with Crippen LogP contribution in [0.2, 0.25) is 0 Å². The van der Waals surface area contributed by atoms with E-state index in [-0.39, 0.29) is 62.6 Å². The number of carbonyl (C=O) groups is 1. The first-order chi connectivity index (χ1) is 17.0. The van der Waals surface area contributed by atoms with Gasteiger partial charge in [0.2, 0.25) is 0 Å². The van der Waals surface area contributed by atoms with Crippen LogP contribution in [0.25, 0.3) is 0 Å². The van der Waals surface area contributed by atoms with Crippen molar-refractivity contribution in [1.29, 1.82) is 5.26 Å². The summed E-state index contributed by atoms with van der Waals surface area (Å²) in [5, 5.41) is 32.5. The molecule has 0 aromatic rings. The standard InChI is InChI=1S/C33H51NO3/c1-9-25(36)33-14-12-28(2,3)18-21(33)26-22(35)16-24-30(6)17-20(19-34)27(37)29(4,5)23(30)10-11-31(24,7)32(26,8)13-15-33/h21,23-26,36-37H,9-18H2,1-8H3/t21?,23-,24+,25?,26?,30?,31?,32+,33-/m0/s1. The molecule has 5 aliphatic carbocycles.